The Labute approximate surface area is 70.5 Å². The van der Waals surface area contributed by atoms with Gasteiger partial charge in [0.05, 0.1) is 11.0 Å². The summed E-state index contributed by atoms with van der Waals surface area (Å²) in [4.78, 5) is 0. The summed E-state index contributed by atoms with van der Waals surface area (Å²) in [7, 11) is 3.83. The molecule has 2 aromatic rings. The minimum atomic E-state index is 0.782. The van der Waals surface area contributed by atoms with Gasteiger partial charge in [0.15, 0.2) is 0 Å². The maximum Gasteiger partial charge on any atom is 0.105 e. The zero-order valence-electron chi connectivity index (χ0n) is 7.20. The maximum absolute atomic E-state index is 5.74. The molecule has 0 radical (unpaired) electrons. The van der Waals surface area contributed by atoms with E-state index in [-0.39, 0.29) is 0 Å². The topological polar surface area (TPSA) is 47.9 Å². The van der Waals surface area contributed by atoms with Gasteiger partial charge in [-0.25, -0.2) is 0 Å². The number of hydrogen-bond acceptors (Lipinski definition) is 2. The predicted molar refractivity (Wildman–Crippen MR) is 50.6 cm³/mol. The van der Waals surface area contributed by atoms with Crippen molar-refractivity contribution < 1.29 is 0 Å². The number of aryl methyl sites for hydroxylation is 1. The van der Waals surface area contributed by atoms with Crippen molar-refractivity contribution in [3.05, 3.63) is 18.3 Å². The molecule has 0 bridgehead atoms. The van der Waals surface area contributed by atoms with Crippen molar-refractivity contribution in [2.45, 2.75) is 0 Å². The van der Waals surface area contributed by atoms with Crippen molar-refractivity contribution in [3.8, 4) is 0 Å². The number of anilines is 1. The second kappa shape index (κ2) is 2.20. The molecule has 2 heterocycles. The van der Waals surface area contributed by atoms with E-state index in [4.69, 9.17) is 5.73 Å². The average Bonchev–Trinajstić information content (AvgIpc) is 2.55. The SMILES string of the molecule is CNn1ccc2c1cc(N)n2C. The van der Waals surface area contributed by atoms with Crippen LogP contribution in [0.4, 0.5) is 5.82 Å². The molecule has 12 heavy (non-hydrogen) atoms. The molecule has 0 aromatic carbocycles. The van der Waals surface area contributed by atoms with Crippen LogP contribution in [-0.2, 0) is 7.05 Å². The summed E-state index contributed by atoms with van der Waals surface area (Å²) in [5.74, 6) is 0.782. The van der Waals surface area contributed by atoms with E-state index in [1.165, 1.54) is 0 Å². The highest BCUT2D eigenvalue weighted by Gasteiger charge is 2.05. The van der Waals surface area contributed by atoms with Gasteiger partial charge in [0.25, 0.3) is 0 Å². The lowest BCUT2D eigenvalue weighted by Gasteiger charge is -1.98. The van der Waals surface area contributed by atoms with Crippen LogP contribution in [0, 0.1) is 0 Å². The fourth-order valence-electron chi connectivity index (χ4n) is 1.43. The van der Waals surface area contributed by atoms with Crippen molar-refractivity contribution in [3.63, 3.8) is 0 Å². The Bertz CT molecular complexity index is 410. The first-order valence-corrected chi connectivity index (χ1v) is 3.84. The summed E-state index contributed by atoms with van der Waals surface area (Å²) in [6.45, 7) is 0. The van der Waals surface area contributed by atoms with Gasteiger partial charge < -0.3 is 15.7 Å². The molecule has 0 fully saturated rings. The molecule has 0 atom stereocenters. The highest BCUT2D eigenvalue weighted by atomic mass is 15.4. The smallest absolute Gasteiger partial charge is 0.105 e. The van der Waals surface area contributed by atoms with Crippen LogP contribution < -0.4 is 11.2 Å². The Hall–Kier alpha value is -1.58. The number of rotatable bonds is 1. The number of nitrogen functional groups attached to an aromatic ring is 1. The third-order valence-electron chi connectivity index (χ3n) is 2.18. The standard InChI is InChI=1S/C8H12N4/c1-10-12-4-3-6-7(12)5-8(9)11(6)2/h3-5,10H,9H2,1-2H3. The zero-order valence-corrected chi connectivity index (χ0v) is 7.20. The second-order valence-corrected chi connectivity index (χ2v) is 2.81. The van der Waals surface area contributed by atoms with Gasteiger partial charge in [-0.1, -0.05) is 0 Å². The van der Waals surface area contributed by atoms with Crippen LogP contribution in [-0.4, -0.2) is 16.3 Å². The van der Waals surface area contributed by atoms with E-state index in [1.54, 1.807) is 0 Å². The lowest BCUT2D eigenvalue weighted by molar-refractivity contribution is 0.977. The molecule has 0 amide bonds. The monoisotopic (exact) mass is 164 g/mol. The van der Waals surface area contributed by atoms with E-state index in [1.807, 2.05) is 41.7 Å². The van der Waals surface area contributed by atoms with E-state index in [0.717, 1.165) is 16.9 Å². The molecule has 2 aromatic heterocycles. The van der Waals surface area contributed by atoms with Crippen molar-refractivity contribution >= 4 is 16.9 Å². The van der Waals surface area contributed by atoms with Crippen LogP contribution in [0.3, 0.4) is 0 Å². The first-order chi connectivity index (χ1) is 5.74. The van der Waals surface area contributed by atoms with Crippen LogP contribution in [0.5, 0.6) is 0 Å². The van der Waals surface area contributed by atoms with Gasteiger partial charge in [0, 0.05) is 26.4 Å². The first-order valence-electron chi connectivity index (χ1n) is 3.84. The number of nitrogens with one attached hydrogen (secondary N) is 1. The molecule has 0 spiro atoms. The molecule has 0 saturated carbocycles. The molecule has 2 rings (SSSR count). The van der Waals surface area contributed by atoms with E-state index in [0.29, 0.717) is 0 Å². The fourth-order valence-corrected chi connectivity index (χ4v) is 1.43. The summed E-state index contributed by atoms with van der Waals surface area (Å²) in [5.41, 5.74) is 11.0. The Balaban J connectivity index is 2.79. The molecule has 0 unspecified atom stereocenters. The van der Waals surface area contributed by atoms with Crippen LogP contribution in [0.1, 0.15) is 0 Å². The third-order valence-corrected chi connectivity index (χ3v) is 2.18. The largest absolute Gasteiger partial charge is 0.385 e. The average molecular weight is 164 g/mol. The number of nitrogens with zero attached hydrogens (tertiary/aromatic N) is 2. The Morgan fingerprint density at radius 1 is 1.42 bits per heavy atom. The molecule has 0 saturated heterocycles. The minimum Gasteiger partial charge on any atom is -0.385 e. The van der Waals surface area contributed by atoms with E-state index >= 15 is 0 Å². The molecule has 4 heteroatoms. The molecule has 0 aliphatic rings. The molecule has 4 nitrogen and oxygen atoms in total. The highest BCUT2D eigenvalue weighted by molar-refractivity contribution is 5.82. The van der Waals surface area contributed by atoms with E-state index in [9.17, 15) is 0 Å². The van der Waals surface area contributed by atoms with Gasteiger partial charge >= 0.3 is 0 Å². The van der Waals surface area contributed by atoms with Crippen LogP contribution in [0.2, 0.25) is 0 Å². The normalized spacial score (nSPS) is 10.8. The molecular weight excluding hydrogens is 152 g/mol. The summed E-state index contributed by atoms with van der Waals surface area (Å²) in [5, 5.41) is 0. The zero-order chi connectivity index (χ0) is 8.72. The molecule has 64 valence electrons. The molecule has 0 aliphatic heterocycles. The quantitative estimate of drug-likeness (QED) is 0.653. The highest BCUT2D eigenvalue weighted by Crippen LogP contribution is 2.19. The minimum absolute atomic E-state index is 0.782. The summed E-state index contributed by atoms with van der Waals surface area (Å²) >= 11 is 0. The second-order valence-electron chi connectivity index (χ2n) is 2.81. The van der Waals surface area contributed by atoms with Crippen LogP contribution in [0.15, 0.2) is 18.3 Å². The fraction of sp³-hybridized carbons (Fsp3) is 0.250. The van der Waals surface area contributed by atoms with E-state index in [2.05, 4.69) is 5.43 Å². The Morgan fingerprint density at radius 2 is 2.17 bits per heavy atom. The summed E-state index contributed by atoms with van der Waals surface area (Å²) in [6.07, 6.45) is 1.98. The van der Waals surface area contributed by atoms with Gasteiger partial charge in [-0.3, -0.25) is 4.68 Å². The number of aromatic nitrogens is 2. The van der Waals surface area contributed by atoms with Gasteiger partial charge in [0.1, 0.15) is 5.82 Å². The van der Waals surface area contributed by atoms with Crippen molar-refractivity contribution in [2.24, 2.45) is 7.05 Å². The van der Waals surface area contributed by atoms with Gasteiger partial charge in [-0.05, 0) is 6.07 Å². The first kappa shape index (κ1) is 7.09. The summed E-state index contributed by atoms with van der Waals surface area (Å²) < 4.78 is 3.90. The Morgan fingerprint density at radius 3 is 2.83 bits per heavy atom. The Kier molecular flexibility index (Phi) is 1.30. The lowest BCUT2D eigenvalue weighted by atomic mass is 10.5. The molecule has 3 N–H and O–H groups in total. The maximum atomic E-state index is 5.74. The van der Waals surface area contributed by atoms with Crippen molar-refractivity contribution in [1.29, 1.82) is 0 Å². The van der Waals surface area contributed by atoms with Crippen LogP contribution >= 0.6 is 0 Å². The van der Waals surface area contributed by atoms with Crippen molar-refractivity contribution in [1.82, 2.24) is 9.24 Å². The van der Waals surface area contributed by atoms with Crippen molar-refractivity contribution in [2.75, 3.05) is 18.2 Å². The lowest BCUT2D eigenvalue weighted by Crippen LogP contribution is -2.05. The molecule has 0 aliphatic carbocycles. The number of nitrogens with two attached hydrogens (primary N) is 1. The van der Waals surface area contributed by atoms with Gasteiger partial charge in [0.2, 0.25) is 0 Å². The van der Waals surface area contributed by atoms with Gasteiger partial charge in [-0.2, -0.15) is 0 Å². The third kappa shape index (κ3) is 0.717. The van der Waals surface area contributed by atoms with Gasteiger partial charge in [-0.15, -0.1) is 0 Å². The number of hydrogen-bond donors (Lipinski definition) is 2. The molecular formula is C8H12N4. The summed E-state index contributed by atoms with van der Waals surface area (Å²) in [6, 6.07) is 3.98. The number of fused-ring (bicyclic) bond motifs is 1. The predicted octanol–water partition coefficient (Wildman–Crippen LogP) is 0.735. The van der Waals surface area contributed by atoms with E-state index < -0.39 is 0 Å². The van der Waals surface area contributed by atoms with Crippen LogP contribution in [0.25, 0.3) is 11.0 Å².